The number of aromatic amines is 1. The van der Waals surface area contributed by atoms with Crippen LogP contribution in [0.5, 0.6) is 5.75 Å². The van der Waals surface area contributed by atoms with Crippen LogP contribution in [0, 0.1) is 0 Å². The molecule has 1 heterocycles. The largest absolute Gasteiger partial charge is 0.496 e. The fourth-order valence-electron chi connectivity index (χ4n) is 2.55. The summed E-state index contributed by atoms with van der Waals surface area (Å²) in [6.07, 6.45) is 1.60. The molecule has 0 fully saturated rings. The zero-order valence-electron chi connectivity index (χ0n) is 13.5. The summed E-state index contributed by atoms with van der Waals surface area (Å²) in [7, 11) is 1.41. The minimum absolute atomic E-state index is 0.0285. The average molecular weight is 336 g/mol. The number of carboxylic acid groups (broad SMARTS) is 1. The van der Waals surface area contributed by atoms with Gasteiger partial charge in [0.25, 0.3) is 5.56 Å². The molecule has 0 saturated heterocycles. The highest BCUT2D eigenvalue weighted by molar-refractivity contribution is 5.91. The summed E-state index contributed by atoms with van der Waals surface area (Å²) in [5.41, 5.74) is 1.03. The molecule has 2 N–H and O–H groups in total. The molecule has 0 bridgehead atoms. The molecule has 6 heteroatoms. The predicted octanol–water partition coefficient (Wildman–Crippen LogP) is 1.11. The Hall–Kier alpha value is -3.54. The van der Waals surface area contributed by atoms with Gasteiger partial charge in [0.2, 0.25) is 0 Å². The van der Waals surface area contributed by atoms with E-state index in [9.17, 15) is 14.7 Å². The number of carboxylic acids is 1. The average Bonchev–Trinajstić information content (AvgIpc) is 2.90. The van der Waals surface area contributed by atoms with Crippen LogP contribution in [0.4, 0.5) is 0 Å². The Bertz CT molecular complexity index is 1090. The Morgan fingerprint density at radius 2 is 1.96 bits per heavy atom. The number of aromatic nitrogens is 2. The van der Waals surface area contributed by atoms with Gasteiger partial charge in [-0.3, -0.25) is 9.89 Å². The molecule has 0 aliphatic heterocycles. The molecular formula is C19H16N2O4. The second kappa shape index (κ2) is 6.52. The van der Waals surface area contributed by atoms with Crippen LogP contribution in [0.25, 0.3) is 18.3 Å². The number of carbonyl (C=O) groups is 1. The highest BCUT2D eigenvalue weighted by Gasteiger charge is 2.11. The van der Waals surface area contributed by atoms with Gasteiger partial charge in [-0.1, -0.05) is 30.8 Å². The Kier molecular flexibility index (Phi) is 4.26. The van der Waals surface area contributed by atoms with Crippen molar-refractivity contribution < 1.29 is 14.6 Å². The van der Waals surface area contributed by atoms with Crippen LogP contribution in [-0.4, -0.2) is 28.0 Å². The van der Waals surface area contributed by atoms with Crippen molar-refractivity contribution in [2.45, 2.75) is 0 Å². The molecular weight excluding hydrogens is 320 g/mol. The van der Waals surface area contributed by atoms with Crippen LogP contribution >= 0.6 is 0 Å². The second-order valence-corrected chi connectivity index (χ2v) is 5.39. The molecule has 3 rings (SSSR count). The summed E-state index contributed by atoms with van der Waals surface area (Å²) in [5.74, 6) is -0.840. The van der Waals surface area contributed by atoms with Crippen molar-refractivity contribution in [3.8, 4) is 11.4 Å². The molecule has 0 aliphatic carbocycles. The number of hydrogen-bond donors (Lipinski definition) is 2. The first kappa shape index (κ1) is 16.3. The molecule has 3 aromatic rings. The van der Waals surface area contributed by atoms with E-state index in [1.54, 1.807) is 30.3 Å². The smallest absolute Gasteiger partial charge is 0.339 e. The first-order valence-electron chi connectivity index (χ1n) is 7.49. The number of methoxy groups -OCH3 is 1. The monoisotopic (exact) mass is 336 g/mol. The van der Waals surface area contributed by atoms with E-state index < -0.39 is 5.97 Å². The fourth-order valence-corrected chi connectivity index (χ4v) is 2.55. The lowest BCUT2D eigenvalue weighted by Crippen LogP contribution is -2.33. The highest BCUT2D eigenvalue weighted by atomic mass is 16.5. The summed E-state index contributed by atoms with van der Waals surface area (Å²) < 4.78 is 6.44. The van der Waals surface area contributed by atoms with Crippen LogP contribution in [0.2, 0.25) is 0 Å². The molecule has 0 unspecified atom stereocenters. The highest BCUT2D eigenvalue weighted by Crippen LogP contribution is 2.20. The minimum atomic E-state index is -1.10. The maximum atomic E-state index is 12.7. The summed E-state index contributed by atoms with van der Waals surface area (Å²) in [4.78, 5) is 24.0. The number of hydrogen-bond acceptors (Lipinski definition) is 3. The first-order valence-corrected chi connectivity index (χ1v) is 7.49. The van der Waals surface area contributed by atoms with Gasteiger partial charge in [0.1, 0.15) is 11.3 Å². The molecule has 0 amide bonds. The van der Waals surface area contributed by atoms with Crippen LogP contribution in [0.3, 0.4) is 0 Å². The molecule has 0 atom stereocenters. The van der Waals surface area contributed by atoms with Crippen molar-refractivity contribution in [3.63, 3.8) is 0 Å². The van der Waals surface area contributed by atoms with Crippen LogP contribution < -0.4 is 20.9 Å². The minimum Gasteiger partial charge on any atom is -0.496 e. The maximum absolute atomic E-state index is 12.7. The number of benzene rings is 2. The SMILES string of the molecule is C=c1[nH]n(-c2ccccc2)c(=O)/c1=C\c1ccc(OC)c(C(=O)O)c1. The summed E-state index contributed by atoms with van der Waals surface area (Å²) in [6.45, 7) is 3.87. The summed E-state index contributed by atoms with van der Waals surface area (Å²) >= 11 is 0. The van der Waals surface area contributed by atoms with Crippen LogP contribution in [-0.2, 0) is 0 Å². The van der Waals surface area contributed by atoms with E-state index in [4.69, 9.17) is 4.74 Å². The van der Waals surface area contributed by atoms with Gasteiger partial charge in [0, 0.05) is 0 Å². The third kappa shape index (κ3) is 3.10. The van der Waals surface area contributed by atoms with E-state index in [0.29, 0.717) is 21.8 Å². The molecule has 6 nitrogen and oxygen atoms in total. The zero-order chi connectivity index (χ0) is 18.0. The van der Waals surface area contributed by atoms with Crippen molar-refractivity contribution in [2.75, 3.05) is 7.11 Å². The fraction of sp³-hybridized carbons (Fsp3) is 0.0526. The van der Waals surface area contributed by atoms with Crippen molar-refractivity contribution in [1.82, 2.24) is 9.78 Å². The van der Waals surface area contributed by atoms with Crippen LogP contribution in [0.1, 0.15) is 15.9 Å². The standard InChI is InChI=1S/C19H16N2O4/c1-12-15(18(22)21(20-12)14-6-4-3-5-7-14)10-13-8-9-17(25-2)16(11-13)19(23)24/h3-11,20H,1H2,2H3,(H,23,24)/b15-10-. The zero-order valence-corrected chi connectivity index (χ0v) is 13.5. The van der Waals surface area contributed by atoms with Gasteiger partial charge in [-0.15, -0.1) is 0 Å². The third-order valence-electron chi connectivity index (χ3n) is 3.78. The molecule has 0 radical (unpaired) electrons. The molecule has 2 aromatic carbocycles. The number of para-hydroxylation sites is 1. The maximum Gasteiger partial charge on any atom is 0.339 e. The quantitative estimate of drug-likeness (QED) is 0.747. The molecule has 0 spiro atoms. The summed E-state index contributed by atoms with van der Waals surface area (Å²) in [5, 5.41) is 13.0. The van der Waals surface area contributed by atoms with Crippen molar-refractivity contribution >= 4 is 18.6 Å². The van der Waals surface area contributed by atoms with Crippen molar-refractivity contribution in [1.29, 1.82) is 0 Å². The summed E-state index contributed by atoms with van der Waals surface area (Å²) in [6, 6.07) is 13.8. The Morgan fingerprint density at radius 3 is 2.60 bits per heavy atom. The van der Waals surface area contributed by atoms with Crippen molar-refractivity contribution in [2.24, 2.45) is 0 Å². The lowest BCUT2D eigenvalue weighted by molar-refractivity contribution is 0.0693. The number of H-pyrrole nitrogens is 1. The van der Waals surface area contributed by atoms with E-state index in [-0.39, 0.29) is 16.9 Å². The second-order valence-electron chi connectivity index (χ2n) is 5.39. The molecule has 0 saturated carbocycles. The van der Waals surface area contributed by atoms with Gasteiger partial charge >= 0.3 is 5.97 Å². The lowest BCUT2D eigenvalue weighted by Gasteiger charge is -2.05. The number of nitrogens with one attached hydrogen (secondary N) is 1. The molecule has 1 aromatic heterocycles. The molecule has 126 valence electrons. The molecule has 0 aliphatic rings. The van der Waals surface area contributed by atoms with Crippen molar-refractivity contribution in [3.05, 3.63) is 80.6 Å². The van der Waals surface area contributed by atoms with Gasteiger partial charge in [-0.2, -0.15) is 0 Å². The van der Waals surface area contributed by atoms with E-state index in [2.05, 4.69) is 11.7 Å². The van der Waals surface area contributed by atoms with E-state index in [0.717, 1.165) is 0 Å². The number of nitrogens with zero attached hydrogens (tertiary/aromatic N) is 1. The Morgan fingerprint density at radius 1 is 1.24 bits per heavy atom. The number of ether oxygens (including phenoxy) is 1. The normalized spacial score (nSPS) is 11.5. The van der Waals surface area contributed by atoms with Crippen LogP contribution in [0.15, 0.2) is 53.3 Å². The van der Waals surface area contributed by atoms with Gasteiger partial charge in [-0.25, -0.2) is 9.48 Å². The van der Waals surface area contributed by atoms with E-state index in [1.165, 1.54) is 17.9 Å². The van der Waals surface area contributed by atoms with Gasteiger partial charge in [0.15, 0.2) is 0 Å². The predicted molar refractivity (Wildman–Crippen MR) is 94.7 cm³/mol. The van der Waals surface area contributed by atoms with E-state index >= 15 is 0 Å². The molecule has 25 heavy (non-hydrogen) atoms. The van der Waals surface area contributed by atoms with Gasteiger partial charge in [0.05, 0.1) is 23.4 Å². The lowest BCUT2D eigenvalue weighted by atomic mass is 10.1. The number of rotatable bonds is 4. The number of aromatic carboxylic acids is 1. The topological polar surface area (TPSA) is 84.3 Å². The van der Waals surface area contributed by atoms with E-state index in [1.807, 2.05) is 18.2 Å². The third-order valence-corrected chi connectivity index (χ3v) is 3.78. The van der Waals surface area contributed by atoms with Gasteiger partial charge < -0.3 is 9.84 Å². The Labute approximate surface area is 142 Å². The first-order chi connectivity index (χ1) is 12.0. The Balaban J connectivity index is 2.17. The van der Waals surface area contributed by atoms with Gasteiger partial charge in [-0.05, 0) is 35.9 Å².